The lowest BCUT2D eigenvalue weighted by molar-refractivity contribution is 0.637. The van der Waals surface area contributed by atoms with E-state index in [1.165, 1.54) is 15.8 Å². The first-order chi connectivity index (χ1) is 10.1. The van der Waals surface area contributed by atoms with Crippen molar-refractivity contribution in [3.8, 4) is 0 Å². The zero-order valence-electron chi connectivity index (χ0n) is 12.8. The van der Waals surface area contributed by atoms with Gasteiger partial charge in [0.25, 0.3) is 5.56 Å². The van der Waals surface area contributed by atoms with Crippen molar-refractivity contribution in [3.05, 3.63) is 57.5 Å². The molecule has 0 unspecified atom stereocenters. The number of rotatable bonds is 6. The summed E-state index contributed by atoms with van der Waals surface area (Å²) in [7, 11) is 1.89. The topological polar surface area (TPSA) is 59.0 Å². The highest BCUT2D eigenvalue weighted by Gasteiger charge is 2.04. The molecular weight excluding hydrogens is 264 g/mol. The van der Waals surface area contributed by atoms with Gasteiger partial charge in [-0.25, -0.2) is 4.68 Å². The van der Waals surface area contributed by atoms with Gasteiger partial charge in [-0.3, -0.25) is 4.79 Å². The van der Waals surface area contributed by atoms with Crippen LogP contribution in [0.5, 0.6) is 0 Å². The Hall–Kier alpha value is -2.14. The quantitative estimate of drug-likeness (QED) is 0.791. The molecule has 5 heteroatoms. The third kappa shape index (κ3) is 4.16. The van der Waals surface area contributed by atoms with Gasteiger partial charge in [-0.1, -0.05) is 23.8 Å². The van der Waals surface area contributed by atoms with Gasteiger partial charge in [0.2, 0.25) is 0 Å². The third-order valence-electron chi connectivity index (χ3n) is 3.40. The number of likely N-dealkylation sites (N-methyl/N-ethyl adjacent to an activating group) is 1. The molecule has 1 heterocycles. The van der Waals surface area contributed by atoms with Crippen LogP contribution in [0.3, 0.4) is 0 Å². The van der Waals surface area contributed by atoms with E-state index in [4.69, 9.17) is 0 Å². The highest BCUT2D eigenvalue weighted by atomic mass is 16.1. The second-order valence-corrected chi connectivity index (χ2v) is 5.20. The Labute approximate surface area is 125 Å². The molecule has 0 aliphatic rings. The molecule has 5 nitrogen and oxygen atoms in total. The molecule has 0 radical (unpaired) electrons. The third-order valence-corrected chi connectivity index (χ3v) is 3.40. The Balaban J connectivity index is 2.14. The molecule has 1 aromatic heterocycles. The Morgan fingerprint density at radius 3 is 2.71 bits per heavy atom. The van der Waals surface area contributed by atoms with Gasteiger partial charge in [0.15, 0.2) is 0 Å². The Kier molecular flexibility index (Phi) is 5.11. The van der Waals surface area contributed by atoms with E-state index in [0.29, 0.717) is 6.54 Å². The van der Waals surface area contributed by atoms with Gasteiger partial charge in [-0.15, -0.1) is 0 Å². The van der Waals surface area contributed by atoms with E-state index in [1.54, 1.807) is 12.3 Å². The summed E-state index contributed by atoms with van der Waals surface area (Å²) in [5, 5.41) is 10.4. The zero-order valence-corrected chi connectivity index (χ0v) is 12.8. The highest BCUT2D eigenvalue weighted by molar-refractivity contribution is 5.39. The second-order valence-electron chi connectivity index (χ2n) is 5.20. The molecule has 0 saturated heterocycles. The fraction of sp³-hybridized carbons (Fsp3) is 0.375. The van der Waals surface area contributed by atoms with E-state index in [1.807, 2.05) is 20.9 Å². The first-order valence-corrected chi connectivity index (χ1v) is 7.12. The smallest absolute Gasteiger partial charge is 0.269 e. The summed E-state index contributed by atoms with van der Waals surface area (Å²) < 4.78 is 1.49. The molecule has 0 spiro atoms. The summed E-state index contributed by atoms with van der Waals surface area (Å²) in [5.74, 6) is 0. The number of aromatic nitrogens is 2. The summed E-state index contributed by atoms with van der Waals surface area (Å²) in [4.78, 5) is 12.1. The molecule has 0 aliphatic heterocycles. The average Bonchev–Trinajstić information content (AvgIpc) is 2.46. The van der Waals surface area contributed by atoms with E-state index in [2.05, 4.69) is 33.9 Å². The fourth-order valence-corrected chi connectivity index (χ4v) is 2.11. The number of benzene rings is 1. The van der Waals surface area contributed by atoms with Crippen LogP contribution in [0.15, 0.2) is 35.3 Å². The first kappa shape index (κ1) is 15.3. The molecule has 21 heavy (non-hydrogen) atoms. The van der Waals surface area contributed by atoms with Crippen molar-refractivity contribution >= 4 is 5.69 Å². The van der Waals surface area contributed by atoms with E-state index in [0.717, 1.165) is 24.3 Å². The maximum Gasteiger partial charge on any atom is 0.269 e. The summed E-state index contributed by atoms with van der Waals surface area (Å²) in [6.45, 7) is 6.20. The fourth-order valence-electron chi connectivity index (χ4n) is 2.11. The van der Waals surface area contributed by atoms with Crippen LogP contribution in [0, 0.1) is 13.8 Å². The molecule has 112 valence electrons. The van der Waals surface area contributed by atoms with Crippen molar-refractivity contribution in [2.45, 2.75) is 20.4 Å². The van der Waals surface area contributed by atoms with Gasteiger partial charge in [0, 0.05) is 19.2 Å². The van der Waals surface area contributed by atoms with Gasteiger partial charge in [-0.2, -0.15) is 5.10 Å². The monoisotopic (exact) mass is 286 g/mol. The molecule has 2 aromatic rings. The van der Waals surface area contributed by atoms with Crippen molar-refractivity contribution < 1.29 is 0 Å². The van der Waals surface area contributed by atoms with Crippen LogP contribution in [0.2, 0.25) is 0 Å². The van der Waals surface area contributed by atoms with Crippen LogP contribution < -0.4 is 16.2 Å². The van der Waals surface area contributed by atoms with Gasteiger partial charge in [0.1, 0.15) is 0 Å². The number of aryl methyl sites for hydroxylation is 2. The number of nitrogens with zero attached hydrogens (tertiary/aromatic N) is 2. The lowest BCUT2D eigenvalue weighted by atomic mass is 10.1. The van der Waals surface area contributed by atoms with Crippen LogP contribution in [0.25, 0.3) is 0 Å². The van der Waals surface area contributed by atoms with Gasteiger partial charge in [-0.05, 0) is 32.0 Å². The highest BCUT2D eigenvalue weighted by Crippen LogP contribution is 2.11. The van der Waals surface area contributed by atoms with Crippen LogP contribution >= 0.6 is 0 Å². The summed E-state index contributed by atoms with van der Waals surface area (Å²) >= 11 is 0. The normalized spacial score (nSPS) is 10.6. The lowest BCUT2D eigenvalue weighted by Gasteiger charge is -2.10. The van der Waals surface area contributed by atoms with E-state index < -0.39 is 0 Å². The van der Waals surface area contributed by atoms with Crippen molar-refractivity contribution in [3.63, 3.8) is 0 Å². The summed E-state index contributed by atoms with van der Waals surface area (Å²) in [6.07, 6.45) is 1.70. The number of hydrogen-bond acceptors (Lipinski definition) is 4. The van der Waals surface area contributed by atoms with Gasteiger partial charge < -0.3 is 10.6 Å². The predicted molar refractivity (Wildman–Crippen MR) is 85.9 cm³/mol. The Bertz CT molecular complexity index is 664. The first-order valence-electron chi connectivity index (χ1n) is 7.12. The summed E-state index contributed by atoms with van der Waals surface area (Å²) in [6, 6.07) is 7.84. The predicted octanol–water partition coefficient (Wildman–Crippen LogP) is 1.54. The minimum atomic E-state index is -0.0923. The number of hydrogen-bond donors (Lipinski definition) is 2. The van der Waals surface area contributed by atoms with Crippen LogP contribution in [0.4, 0.5) is 5.69 Å². The van der Waals surface area contributed by atoms with Gasteiger partial charge in [0.05, 0.1) is 18.4 Å². The van der Waals surface area contributed by atoms with Crippen LogP contribution in [0.1, 0.15) is 16.7 Å². The number of anilines is 1. The lowest BCUT2D eigenvalue weighted by Crippen LogP contribution is -2.24. The second kappa shape index (κ2) is 7.04. The molecule has 0 atom stereocenters. The Morgan fingerprint density at radius 2 is 2.00 bits per heavy atom. The standard InChI is InChI=1S/C16H22N4O/c1-12-4-5-13(2)14(8-12)11-20-16(21)9-15(10-19-20)18-7-6-17-3/h4-5,8-10,17-18H,6-7,11H2,1-3H3. The number of nitrogens with one attached hydrogen (secondary N) is 2. The van der Waals surface area contributed by atoms with E-state index >= 15 is 0 Å². The molecule has 0 amide bonds. The largest absolute Gasteiger partial charge is 0.382 e. The molecule has 1 aromatic carbocycles. The van der Waals surface area contributed by atoms with Crippen molar-refractivity contribution in [2.24, 2.45) is 0 Å². The minimum Gasteiger partial charge on any atom is -0.382 e. The molecule has 0 bridgehead atoms. The molecular formula is C16H22N4O. The molecule has 0 saturated carbocycles. The molecule has 2 rings (SSSR count). The zero-order chi connectivity index (χ0) is 15.2. The average molecular weight is 286 g/mol. The Morgan fingerprint density at radius 1 is 1.19 bits per heavy atom. The molecule has 0 aliphatic carbocycles. The maximum absolute atomic E-state index is 12.1. The van der Waals surface area contributed by atoms with Crippen LogP contribution in [-0.4, -0.2) is 29.9 Å². The molecule has 2 N–H and O–H groups in total. The van der Waals surface area contributed by atoms with Crippen molar-refractivity contribution in [1.82, 2.24) is 15.1 Å². The maximum atomic E-state index is 12.1. The summed E-state index contributed by atoms with van der Waals surface area (Å²) in [5.41, 5.74) is 4.15. The van der Waals surface area contributed by atoms with Crippen LogP contribution in [-0.2, 0) is 6.54 Å². The van der Waals surface area contributed by atoms with E-state index in [-0.39, 0.29) is 5.56 Å². The SMILES string of the molecule is CNCCNc1cnn(Cc2cc(C)ccc2C)c(=O)c1. The minimum absolute atomic E-state index is 0.0923. The molecule has 0 fully saturated rings. The van der Waals surface area contributed by atoms with E-state index in [9.17, 15) is 4.79 Å². The van der Waals surface area contributed by atoms with Crippen molar-refractivity contribution in [1.29, 1.82) is 0 Å². The van der Waals surface area contributed by atoms with Gasteiger partial charge >= 0.3 is 0 Å². The van der Waals surface area contributed by atoms with Crippen molar-refractivity contribution in [2.75, 3.05) is 25.5 Å².